The van der Waals surface area contributed by atoms with E-state index in [2.05, 4.69) is 109 Å². The molecule has 2 nitrogen and oxygen atoms in total. The van der Waals surface area contributed by atoms with Gasteiger partial charge in [-0.15, -0.1) is 0 Å². The molecule has 0 atom stereocenters. The van der Waals surface area contributed by atoms with Crippen LogP contribution in [0.25, 0.3) is 43.8 Å². The number of hydrogen-bond donors (Lipinski definition) is 0. The van der Waals surface area contributed by atoms with Crippen LogP contribution in [-0.2, 0) is 0 Å². The van der Waals surface area contributed by atoms with Gasteiger partial charge in [-0.05, 0) is 68.1 Å². The molecule has 0 saturated heterocycles. The predicted octanol–water partition coefficient (Wildman–Crippen LogP) is 8.05. The summed E-state index contributed by atoms with van der Waals surface area (Å²) in [6.07, 6.45) is 0. The smallest absolute Gasteiger partial charge is 0.529 e. The van der Waals surface area contributed by atoms with E-state index in [1.807, 2.05) is 24.3 Å². The minimum absolute atomic E-state index is 0.154. The van der Waals surface area contributed by atoms with Gasteiger partial charge in [0.05, 0.1) is 0 Å². The van der Waals surface area contributed by atoms with Crippen molar-refractivity contribution in [3.8, 4) is 33.8 Å². The van der Waals surface area contributed by atoms with E-state index in [4.69, 9.17) is 9.31 Å². The Hall–Kier alpha value is -4.50. The van der Waals surface area contributed by atoms with Crippen LogP contribution in [0.2, 0.25) is 0 Å². The average molecular weight is 450 g/mol. The zero-order valence-electron chi connectivity index (χ0n) is 19.2. The SMILES string of the molecule is B(Oc1ccc(-c2cccc3ccccc23)cc1)Oc1ccc(-c2cccc3ccccc23)cc1. The molecular formula is C32H23BO2. The van der Waals surface area contributed by atoms with Crippen molar-refractivity contribution in [2.45, 2.75) is 0 Å². The van der Waals surface area contributed by atoms with Crippen LogP contribution >= 0.6 is 0 Å². The van der Waals surface area contributed by atoms with Gasteiger partial charge in [-0.25, -0.2) is 0 Å². The molecule has 0 aliphatic rings. The quantitative estimate of drug-likeness (QED) is 0.239. The van der Waals surface area contributed by atoms with E-state index in [1.165, 1.54) is 43.8 Å². The number of hydrogen-bond acceptors (Lipinski definition) is 2. The third-order valence-electron chi connectivity index (χ3n) is 6.36. The summed E-state index contributed by atoms with van der Waals surface area (Å²) in [7, 11) is 0.154. The molecule has 0 aliphatic carbocycles. The van der Waals surface area contributed by atoms with Gasteiger partial charge in [0.25, 0.3) is 0 Å². The monoisotopic (exact) mass is 450 g/mol. The predicted molar refractivity (Wildman–Crippen MR) is 147 cm³/mol. The molecule has 0 spiro atoms. The van der Waals surface area contributed by atoms with Crippen LogP contribution in [0.5, 0.6) is 11.5 Å². The average Bonchev–Trinajstić information content (AvgIpc) is 2.93. The van der Waals surface area contributed by atoms with E-state index >= 15 is 0 Å². The third-order valence-corrected chi connectivity index (χ3v) is 6.36. The molecule has 0 fully saturated rings. The molecule has 0 amide bonds. The second kappa shape index (κ2) is 9.40. The topological polar surface area (TPSA) is 18.5 Å². The van der Waals surface area contributed by atoms with Gasteiger partial charge in [0.15, 0.2) is 0 Å². The fourth-order valence-corrected chi connectivity index (χ4v) is 4.58. The van der Waals surface area contributed by atoms with E-state index in [9.17, 15) is 0 Å². The Labute approximate surface area is 205 Å². The molecule has 3 heteroatoms. The first-order valence-corrected chi connectivity index (χ1v) is 11.8. The van der Waals surface area contributed by atoms with Crippen molar-refractivity contribution < 1.29 is 9.31 Å². The molecule has 0 bridgehead atoms. The maximum absolute atomic E-state index is 5.84. The van der Waals surface area contributed by atoms with Crippen LogP contribution in [0.3, 0.4) is 0 Å². The lowest BCUT2D eigenvalue weighted by atomic mass is 9.98. The highest BCUT2D eigenvalue weighted by Gasteiger charge is 2.06. The summed E-state index contributed by atoms with van der Waals surface area (Å²) in [5, 5.41) is 4.98. The summed E-state index contributed by atoms with van der Waals surface area (Å²) in [4.78, 5) is 0. The van der Waals surface area contributed by atoms with Crippen molar-refractivity contribution in [2.24, 2.45) is 0 Å². The molecule has 35 heavy (non-hydrogen) atoms. The molecule has 0 radical (unpaired) electrons. The molecule has 0 aliphatic heterocycles. The zero-order valence-corrected chi connectivity index (χ0v) is 19.2. The van der Waals surface area contributed by atoms with Crippen LogP contribution in [0.15, 0.2) is 133 Å². The minimum Gasteiger partial charge on any atom is -0.529 e. The highest BCUT2D eigenvalue weighted by atomic mass is 16.6. The number of benzene rings is 6. The first-order chi connectivity index (χ1) is 17.3. The lowest BCUT2D eigenvalue weighted by molar-refractivity contribution is 0.459. The Morgan fingerprint density at radius 2 is 0.771 bits per heavy atom. The lowest BCUT2D eigenvalue weighted by Gasteiger charge is -2.11. The Morgan fingerprint density at radius 1 is 0.371 bits per heavy atom. The van der Waals surface area contributed by atoms with Crippen LogP contribution in [0.4, 0.5) is 0 Å². The standard InChI is InChI=1S/C32H23BO2/c1-3-11-29-23(7-1)9-5-13-31(29)25-15-19-27(20-16-25)34-33-35-28-21-17-26(18-22-28)32-14-6-10-24-8-2-4-12-30(24)32/h1-22,33H. The Morgan fingerprint density at radius 3 is 1.23 bits per heavy atom. The Bertz CT molecular complexity index is 1470. The van der Waals surface area contributed by atoms with Crippen molar-refractivity contribution >= 4 is 29.2 Å². The Kier molecular flexibility index (Phi) is 5.66. The molecular weight excluding hydrogens is 427 g/mol. The minimum atomic E-state index is 0.154. The summed E-state index contributed by atoms with van der Waals surface area (Å²) in [5.74, 6) is 1.56. The van der Waals surface area contributed by atoms with Crippen molar-refractivity contribution in [3.05, 3.63) is 133 Å². The van der Waals surface area contributed by atoms with Gasteiger partial charge in [0.1, 0.15) is 11.5 Å². The summed E-state index contributed by atoms with van der Waals surface area (Å²) in [6, 6.07) is 46.0. The second-order valence-electron chi connectivity index (χ2n) is 8.51. The zero-order chi connectivity index (χ0) is 23.5. The highest BCUT2D eigenvalue weighted by molar-refractivity contribution is 6.20. The summed E-state index contributed by atoms with van der Waals surface area (Å²) < 4.78 is 11.7. The number of rotatable bonds is 6. The first-order valence-electron chi connectivity index (χ1n) is 11.8. The van der Waals surface area contributed by atoms with Crippen molar-refractivity contribution in [2.75, 3.05) is 0 Å². The van der Waals surface area contributed by atoms with Crippen LogP contribution in [0.1, 0.15) is 0 Å². The lowest BCUT2D eigenvalue weighted by Crippen LogP contribution is -2.10. The van der Waals surface area contributed by atoms with Gasteiger partial charge >= 0.3 is 7.69 Å². The third kappa shape index (κ3) is 4.37. The summed E-state index contributed by atoms with van der Waals surface area (Å²) >= 11 is 0. The van der Waals surface area contributed by atoms with E-state index in [0.29, 0.717) is 0 Å². The molecule has 0 heterocycles. The van der Waals surface area contributed by atoms with E-state index in [-0.39, 0.29) is 7.69 Å². The molecule has 6 aromatic rings. The Balaban J connectivity index is 1.11. The fraction of sp³-hybridized carbons (Fsp3) is 0. The largest absolute Gasteiger partial charge is 0.576 e. The molecule has 0 saturated carbocycles. The molecule has 0 aromatic heterocycles. The van der Waals surface area contributed by atoms with Crippen molar-refractivity contribution in [1.29, 1.82) is 0 Å². The summed E-state index contributed by atoms with van der Waals surface area (Å²) in [6.45, 7) is 0. The normalized spacial score (nSPS) is 10.9. The van der Waals surface area contributed by atoms with E-state index < -0.39 is 0 Å². The first kappa shape index (κ1) is 21.1. The van der Waals surface area contributed by atoms with Gasteiger partial charge in [-0.1, -0.05) is 109 Å². The molecule has 6 aromatic carbocycles. The van der Waals surface area contributed by atoms with Crippen LogP contribution < -0.4 is 9.31 Å². The maximum atomic E-state index is 5.84. The summed E-state index contributed by atoms with van der Waals surface area (Å²) in [5.41, 5.74) is 4.77. The van der Waals surface area contributed by atoms with Crippen molar-refractivity contribution in [3.63, 3.8) is 0 Å². The van der Waals surface area contributed by atoms with Gasteiger partial charge in [-0.2, -0.15) is 0 Å². The van der Waals surface area contributed by atoms with E-state index in [0.717, 1.165) is 11.5 Å². The van der Waals surface area contributed by atoms with Crippen molar-refractivity contribution in [1.82, 2.24) is 0 Å². The molecule has 166 valence electrons. The second-order valence-corrected chi connectivity index (χ2v) is 8.51. The maximum Gasteiger partial charge on any atom is 0.576 e. The van der Waals surface area contributed by atoms with Crippen LogP contribution in [0, 0.1) is 0 Å². The van der Waals surface area contributed by atoms with E-state index in [1.54, 1.807) is 0 Å². The molecule has 0 N–H and O–H groups in total. The molecule has 0 unspecified atom stereocenters. The van der Waals surface area contributed by atoms with Crippen LogP contribution in [-0.4, -0.2) is 7.69 Å². The van der Waals surface area contributed by atoms with Gasteiger partial charge in [0.2, 0.25) is 0 Å². The highest BCUT2D eigenvalue weighted by Crippen LogP contribution is 2.31. The fourth-order valence-electron chi connectivity index (χ4n) is 4.58. The van der Waals surface area contributed by atoms with Gasteiger partial charge < -0.3 is 9.31 Å². The van der Waals surface area contributed by atoms with Gasteiger partial charge in [-0.3, -0.25) is 0 Å². The van der Waals surface area contributed by atoms with Gasteiger partial charge in [0, 0.05) is 0 Å². The molecule has 6 rings (SSSR count). The number of fused-ring (bicyclic) bond motifs is 2.